The summed E-state index contributed by atoms with van der Waals surface area (Å²) in [6.07, 6.45) is -0.900. The largest absolute Gasteiger partial charge is 0.388 e. The molecule has 0 saturated heterocycles. The SMILES string of the molecule is [N-]=[N+]=NC[C@H](O)c1ccc(F)c(Br)c1. The average Bonchev–Trinajstić information content (AvgIpc) is 2.18. The highest BCUT2D eigenvalue weighted by Crippen LogP contribution is 2.21. The van der Waals surface area contributed by atoms with Crippen molar-refractivity contribution in [3.05, 3.63) is 44.5 Å². The maximum absolute atomic E-state index is 12.8. The van der Waals surface area contributed by atoms with Crippen molar-refractivity contribution in [3.63, 3.8) is 0 Å². The molecule has 1 N–H and O–H groups in total. The number of benzene rings is 1. The van der Waals surface area contributed by atoms with Gasteiger partial charge in [0.2, 0.25) is 0 Å². The van der Waals surface area contributed by atoms with Crippen LogP contribution in [0.3, 0.4) is 0 Å². The number of aliphatic hydroxyl groups is 1. The highest BCUT2D eigenvalue weighted by Gasteiger charge is 2.08. The van der Waals surface area contributed by atoms with Gasteiger partial charge in [-0.3, -0.25) is 0 Å². The Bertz CT molecular complexity index is 379. The summed E-state index contributed by atoms with van der Waals surface area (Å²) in [4.78, 5) is 2.52. The summed E-state index contributed by atoms with van der Waals surface area (Å²) in [5.74, 6) is -0.398. The van der Waals surface area contributed by atoms with E-state index in [1.165, 1.54) is 18.2 Å². The van der Waals surface area contributed by atoms with Gasteiger partial charge in [-0.25, -0.2) is 4.39 Å². The number of nitrogens with zero attached hydrogens (tertiary/aromatic N) is 3. The van der Waals surface area contributed by atoms with Crippen LogP contribution in [0.5, 0.6) is 0 Å². The van der Waals surface area contributed by atoms with Gasteiger partial charge in [0, 0.05) is 4.91 Å². The second kappa shape index (κ2) is 4.95. The molecule has 0 aliphatic heterocycles. The molecule has 14 heavy (non-hydrogen) atoms. The van der Waals surface area contributed by atoms with Crippen LogP contribution in [0.4, 0.5) is 4.39 Å². The van der Waals surface area contributed by atoms with Crippen LogP contribution in [-0.2, 0) is 0 Å². The molecule has 0 unspecified atom stereocenters. The molecule has 0 heterocycles. The van der Waals surface area contributed by atoms with Crippen LogP contribution in [0, 0.1) is 5.82 Å². The Labute approximate surface area is 88.1 Å². The van der Waals surface area contributed by atoms with E-state index in [1.54, 1.807) is 0 Å². The molecule has 0 spiro atoms. The second-order valence-corrected chi connectivity index (χ2v) is 3.46. The van der Waals surface area contributed by atoms with Gasteiger partial charge < -0.3 is 5.11 Å². The van der Waals surface area contributed by atoms with Crippen molar-refractivity contribution in [1.82, 2.24) is 0 Å². The van der Waals surface area contributed by atoms with E-state index in [0.29, 0.717) is 5.56 Å². The first-order valence-corrected chi connectivity index (χ1v) is 4.58. The van der Waals surface area contributed by atoms with Gasteiger partial charge in [0.1, 0.15) is 5.82 Å². The normalized spacial score (nSPS) is 11.9. The zero-order chi connectivity index (χ0) is 10.6. The number of rotatable bonds is 3. The van der Waals surface area contributed by atoms with Gasteiger partial charge in [0.05, 0.1) is 17.1 Å². The number of aliphatic hydroxyl groups excluding tert-OH is 1. The predicted molar refractivity (Wildman–Crippen MR) is 53.1 cm³/mol. The van der Waals surface area contributed by atoms with Crippen LogP contribution in [0.25, 0.3) is 10.4 Å². The summed E-state index contributed by atoms with van der Waals surface area (Å²) >= 11 is 2.99. The first-order chi connectivity index (χ1) is 6.65. The van der Waals surface area contributed by atoms with E-state index in [2.05, 4.69) is 26.0 Å². The summed E-state index contributed by atoms with van der Waals surface area (Å²) in [5.41, 5.74) is 8.54. The molecule has 6 heteroatoms. The minimum atomic E-state index is -0.900. The molecule has 1 aromatic carbocycles. The fourth-order valence-electron chi connectivity index (χ4n) is 0.939. The van der Waals surface area contributed by atoms with E-state index in [9.17, 15) is 9.50 Å². The average molecular weight is 260 g/mol. The number of halogens is 2. The van der Waals surface area contributed by atoms with E-state index < -0.39 is 11.9 Å². The Hall–Kier alpha value is -1.10. The van der Waals surface area contributed by atoms with Crippen LogP contribution in [0.2, 0.25) is 0 Å². The standard InChI is InChI=1S/C8H7BrFN3O/c9-6-3-5(1-2-7(6)10)8(14)4-12-13-11/h1-3,8,14H,4H2/t8-/m0/s1. The maximum Gasteiger partial charge on any atom is 0.137 e. The molecule has 4 nitrogen and oxygen atoms in total. The first kappa shape index (κ1) is 11.0. The van der Waals surface area contributed by atoms with Crippen molar-refractivity contribution < 1.29 is 9.50 Å². The topological polar surface area (TPSA) is 69.0 Å². The molecular formula is C8H7BrFN3O. The van der Waals surface area contributed by atoms with Crippen molar-refractivity contribution >= 4 is 15.9 Å². The third-order valence-corrected chi connectivity index (χ3v) is 2.25. The van der Waals surface area contributed by atoms with Gasteiger partial charge in [-0.05, 0) is 39.2 Å². The lowest BCUT2D eigenvalue weighted by Gasteiger charge is -2.07. The van der Waals surface area contributed by atoms with Crippen molar-refractivity contribution in [2.45, 2.75) is 6.10 Å². The summed E-state index contributed by atoms with van der Waals surface area (Å²) < 4.78 is 13.1. The molecule has 0 fully saturated rings. The molecule has 0 radical (unpaired) electrons. The lowest BCUT2D eigenvalue weighted by atomic mass is 10.1. The highest BCUT2D eigenvalue weighted by atomic mass is 79.9. The van der Waals surface area contributed by atoms with Crippen LogP contribution in [0.15, 0.2) is 27.8 Å². The van der Waals surface area contributed by atoms with E-state index in [0.717, 1.165) is 0 Å². The fraction of sp³-hybridized carbons (Fsp3) is 0.250. The Morgan fingerprint density at radius 2 is 2.36 bits per heavy atom. The zero-order valence-electron chi connectivity index (χ0n) is 7.06. The van der Waals surface area contributed by atoms with Crippen molar-refractivity contribution in [3.8, 4) is 0 Å². The molecule has 0 aromatic heterocycles. The van der Waals surface area contributed by atoms with Crippen LogP contribution >= 0.6 is 15.9 Å². The van der Waals surface area contributed by atoms with Gasteiger partial charge in [-0.2, -0.15) is 0 Å². The third kappa shape index (κ3) is 2.70. The Morgan fingerprint density at radius 1 is 1.64 bits per heavy atom. The minimum Gasteiger partial charge on any atom is -0.388 e. The molecule has 0 bridgehead atoms. The molecule has 0 aliphatic rings. The molecule has 1 aromatic rings. The second-order valence-electron chi connectivity index (χ2n) is 2.60. The maximum atomic E-state index is 12.8. The van der Waals surface area contributed by atoms with Crippen molar-refractivity contribution in [2.75, 3.05) is 6.54 Å². The Morgan fingerprint density at radius 3 is 2.93 bits per heavy atom. The van der Waals surface area contributed by atoms with E-state index >= 15 is 0 Å². The zero-order valence-corrected chi connectivity index (χ0v) is 8.65. The predicted octanol–water partition coefficient (Wildman–Crippen LogP) is 2.93. The van der Waals surface area contributed by atoms with Gasteiger partial charge in [-0.15, -0.1) is 0 Å². The third-order valence-electron chi connectivity index (χ3n) is 1.65. The number of hydrogen-bond donors (Lipinski definition) is 1. The highest BCUT2D eigenvalue weighted by molar-refractivity contribution is 9.10. The van der Waals surface area contributed by atoms with E-state index in [-0.39, 0.29) is 11.0 Å². The van der Waals surface area contributed by atoms with Crippen LogP contribution in [-0.4, -0.2) is 11.7 Å². The molecule has 0 amide bonds. The Kier molecular flexibility index (Phi) is 3.88. The van der Waals surface area contributed by atoms with Gasteiger partial charge in [0.25, 0.3) is 0 Å². The smallest absolute Gasteiger partial charge is 0.137 e. The lowest BCUT2D eigenvalue weighted by molar-refractivity contribution is 0.186. The van der Waals surface area contributed by atoms with Gasteiger partial charge in [-0.1, -0.05) is 11.2 Å². The van der Waals surface area contributed by atoms with E-state index in [1.807, 2.05) is 0 Å². The summed E-state index contributed by atoms with van der Waals surface area (Å²) in [6.45, 7) is -0.0609. The molecular weight excluding hydrogens is 253 g/mol. The molecule has 74 valence electrons. The molecule has 0 aliphatic carbocycles. The first-order valence-electron chi connectivity index (χ1n) is 3.79. The quantitative estimate of drug-likeness (QED) is 0.506. The molecule has 0 saturated carbocycles. The summed E-state index contributed by atoms with van der Waals surface area (Å²) in [7, 11) is 0. The van der Waals surface area contributed by atoms with Gasteiger partial charge in [0.15, 0.2) is 0 Å². The monoisotopic (exact) mass is 259 g/mol. The molecule has 1 rings (SSSR count). The summed E-state index contributed by atoms with van der Waals surface area (Å²) in [5, 5.41) is 12.7. The van der Waals surface area contributed by atoms with Crippen molar-refractivity contribution in [1.29, 1.82) is 0 Å². The van der Waals surface area contributed by atoms with Crippen LogP contribution in [0.1, 0.15) is 11.7 Å². The van der Waals surface area contributed by atoms with E-state index in [4.69, 9.17) is 5.53 Å². The minimum absolute atomic E-state index is 0.0609. The lowest BCUT2D eigenvalue weighted by Crippen LogP contribution is -2.00. The number of hydrogen-bond acceptors (Lipinski definition) is 2. The summed E-state index contributed by atoms with van der Waals surface area (Å²) in [6, 6.07) is 4.13. The number of azide groups is 1. The fourth-order valence-corrected chi connectivity index (χ4v) is 1.34. The van der Waals surface area contributed by atoms with Crippen molar-refractivity contribution in [2.24, 2.45) is 5.11 Å². The molecule has 1 atom stereocenters. The Balaban J connectivity index is 2.85. The van der Waals surface area contributed by atoms with Gasteiger partial charge >= 0.3 is 0 Å². The van der Waals surface area contributed by atoms with Crippen LogP contribution < -0.4 is 0 Å².